The third-order valence-electron chi connectivity index (χ3n) is 7.35. The van der Waals surface area contributed by atoms with Crippen LogP contribution in [0.3, 0.4) is 0 Å². The van der Waals surface area contributed by atoms with Crippen LogP contribution in [0.15, 0.2) is 29.8 Å². The van der Waals surface area contributed by atoms with Gasteiger partial charge in [-0.2, -0.15) is 0 Å². The number of nitrogens with zero attached hydrogens (tertiary/aromatic N) is 2. The predicted molar refractivity (Wildman–Crippen MR) is 160 cm³/mol. The van der Waals surface area contributed by atoms with Gasteiger partial charge in [0.25, 0.3) is 0 Å². The van der Waals surface area contributed by atoms with Crippen LogP contribution >= 0.6 is 11.3 Å². The molecule has 1 aliphatic rings. The van der Waals surface area contributed by atoms with Crippen LogP contribution in [-0.2, 0) is 23.9 Å². The van der Waals surface area contributed by atoms with Gasteiger partial charge in [-0.15, -0.1) is 11.3 Å². The molecule has 1 aromatic carbocycles. The Kier molecular flexibility index (Phi) is 10.9. The first kappa shape index (κ1) is 33.2. The minimum atomic E-state index is -0.985. The highest BCUT2D eigenvalue weighted by Crippen LogP contribution is 2.30. The minimum Gasteiger partial charge on any atom is -0.462 e. The van der Waals surface area contributed by atoms with Crippen LogP contribution in [0.25, 0.3) is 10.4 Å². The number of amides is 3. The summed E-state index contributed by atoms with van der Waals surface area (Å²) in [5.74, 6) is -2.05. The third kappa shape index (κ3) is 8.14. The number of carbonyl (C=O) groups is 4. The third-order valence-corrected chi connectivity index (χ3v) is 8.32. The Morgan fingerprint density at radius 1 is 1.17 bits per heavy atom. The molecule has 2 heterocycles. The van der Waals surface area contributed by atoms with Crippen molar-refractivity contribution in [2.24, 2.45) is 17.1 Å². The molecule has 2 aromatic rings. The van der Waals surface area contributed by atoms with Crippen LogP contribution in [0.4, 0.5) is 0 Å². The van der Waals surface area contributed by atoms with Gasteiger partial charge in [0.2, 0.25) is 17.7 Å². The van der Waals surface area contributed by atoms with E-state index in [2.05, 4.69) is 15.6 Å². The summed E-state index contributed by atoms with van der Waals surface area (Å²) in [6.07, 6.45) is -0.882. The first-order valence-electron chi connectivity index (χ1n) is 14.1. The van der Waals surface area contributed by atoms with Crippen LogP contribution in [0.5, 0.6) is 0 Å². The average Bonchev–Trinajstić information content (AvgIpc) is 3.53. The van der Waals surface area contributed by atoms with Crippen molar-refractivity contribution in [3.05, 3.63) is 41.0 Å². The monoisotopic (exact) mass is 601 g/mol. The quantitative estimate of drug-likeness (QED) is 0.302. The van der Waals surface area contributed by atoms with Crippen molar-refractivity contribution in [2.75, 3.05) is 13.2 Å². The SMILES string of the molecule is CC(=O)NC(C(=O)N1CC(O)CC1C(=O)NC(COC(=O)[C@@H](N)C(C)C)c1ccc(-c2scnc2C)cc1)C(C)(C)C. The number of ether oxygens (including phenoxy) is 1. The number of β-amino-alcohol motifs (C(OH)–C–C–N with tert-alkyl or cyclic N) is 1. The molecule has 3 rings (SSSR count). The molecule has 42 heavy (non-hydrogen) atoms. The van der Waals surface area contributed by atoms with Gasteiger partial charge in [0.05, 0.1) is 28.2 Å². The molecule has 1 aliphatic heterocycles. The second kappa shape index (κ2) is 13.7. The number of likely N-dealkylation sites (tertiary alicyclic amines) is 1. The lowest BCUT2D eigenvalue weighted by atomic mass is 9.85. The number of aliphatic hydroxyl groups is 1. The smallest absolute Gasteiger partial charge is 0.323 e. The van der Waals surface area contributed by atoms with Crippen molar-refractivity contribution in [3.8, 4) is 10.4 Å². The normalized spacial score (nSPS) is 19.2. The standard InChI is InChI=1S/C30H43N5O6S/c1-16(2)24(31)29(40)41-14-22(19-8-10-20(11-9-19)25-17(3)32-15-42-25)34-27(38)23-12-21(37)13-35(23)28(39)26(30(5,6)7)33-18(4)36/h8-11,15-16,21-24,26,37H,12-14,31H2,1-7H3,(H,33,36)(H,34,38)/t21?,22?,23?,24-,26?/m0/s1. The maximum absolute atomic E-state index is 13.7. The van der Waals surface area contributed by atoms with E-state index in [0.29, 0.717) is 5.56 Å². The molecule has 1 aromatic heterocycles. The van der Waals surface area contributed by atoms with Gasteiger partial charge < -0.3 is 31.1 Å². The predicted octanol–water partition coefficient (Wildman–Crippen LogP) is 2.31. The Balaban J connectivity index is 1.86. The Bertz CT molecular complexity index is 1270. The van der Waals surface area contributed by atoms with E-state index in [-0.39, 0.29) is 31.4 Å². The van der Waals surface area contributed by atoms with Gasteiger partial charge in [-0.3, -0.25) is 19.2 Å². The van der Waals surface area contributed by atoms with Gasteiger partial charge in [-0.05, 0) is 29.4 Å². The molecule has 12 heteroatoms. The number of aromatic nitrogens is 1. The minimum absolute atomic E-state index is 0.0306. The number of hydrogen-bond donors (Lipinski definition) is 4. The van der Waals surface area contributed by atoms with E-state index in [9.17, 15) is 24.3 Å². The van der Waals surface area contributed by atoms with E-state index in [4.69, 9.17) is 10.5 Å². The van der Waals surface area contributed by atoms with Crippen LogP contribution in [0.1, 0.15) is 65.3 Å². The van der Waals surface area contributed by atoms with Gasteiger partial charge >= 0.3 is 5.97 Å². The number of aryl methyl sites for hydroxylation is 1. The molecule has 0 saturated carbocycles. The van der Waals surface area contributed by atoms with Gasteiger partial charge in [0.15, 0.2) is 0 Å². The molecule has 5 N–H and O–H groups in total. The fourth-order valence-corrected chi connectivity index (χ4v) is 5.60. The van der Waals surface area contributed by atoms with Gasteiger partial charge in [0, 0.05) is 19.9 Å². The summed E-state index contributed by atoms with van der Waals surface area (Å²) in [5, 5.41) is 16.1. The Labute approximate surface area is 251 Å². The van der Waals surface area contributed by atoms with E-state index in [1.54, 1.807) is 5.51 Å². The second-order valence-corrected chi connectivity index (χ2v) is 13.1. The Hall–Kier alpha value is -3.35. The highest BCUT2D eigenvalue weighted by Gasteiger charge is 2.44. The number of aliphatic hydroxyl groups excluding tert-OH is 1. The summed E-state index contributed by atoms with van der Waals surface area (Å²) in [6, 6.07) is 4.05. The molecule has 5 atom stereocenters. The van der Waals surface area contributed by atoms with Gasteiger partial charge in [-0.1, -0.05) is 58.9 Å². The van der Waals surface area contributed by atoms with Crippen LogP contribution in [0, 0.1) is 18.3 Å². The molecule has 1 fully saturated rings. The molecule has 0 aliphatic carbocycles. The number of benzene rings is 1. The number of nitrogens with one attached hydrogen (secondary N) is 2. The first-order valence-corrected chi connectivity index (χ1v) is 15.0. The maximum atomic E-state index is 13.7. The summed E-state index contributed by atoms with van der Waals surface area (Å²) >= 11 is 1.52. The van der Waals surface area contributed by atoms with Crippen LogP contribution in [-0.4, -0.2) is 76.1 Å². The average molecular weight is 602 g/mol. The van der Waals surface area contributed by atoms with Crippen molar-refractivity contribution in [3.63, 3.8) is 0 Å². The van der Waals surface area contributed by atoms with Crippen LogP contribution in [0.2, 0.25) is 0 Å². The highest BCUT2D eigenvalue weighted by molar-refractivity contribution is 7.13. The molecule has 1 saturated heterocycles. The fourth-order valence-electron chi connectivity index (χ4n) is 4.79. The molecule has 0 spiro atoms. The molecule has 230 valence electrons. The number of nitrogens with two attached hydrogens (primary N) is 1. The van der Waals surface area contributed by atoms with Crippen molar-refractivity contribution < 1.29 is 29.0 Å². The maximum Gasteiger partial charge on any atom is 0.323 e. The number of esters is 1. The summed E-state index contributed by atoms with van der Waals surface area (Å²) in [7, 11) is 0. The number of carbonyl (C=O) groups excluding carboxylic acids is 4. The second-order valence-electron chi connectivity index (χ2n) is 12.2. The Morgan fingerprint density at radius 2 is 1.81 bits per heavy atom. The molecular weight excluding hydrogens is 558 g/mol. The zero-order valence-electron chi connectivity index (χ0n) is 25.3. The molecule has 4 unspecified atom stereocenters. The van der Waals surface area contributed by atoms with Crippen molar-refractivity contribution >= 4 is 35.0 Å². The zero-order chi connectivity index (χ0) is 31.4. The first-order chi connectivity index (χ1) is 19.6. The molecule has 0 radical (unpaired) electrons. The highest BCUT2D eigenvalue weighted by atomic mass is 32.1. The van der Waals surface area contributed by atoms with Gasteiger partial charge in [-0.25, -0.2) is 4.98 Å². The summed E-state index contributed by atoms with van der Waals surface area (Å²) in [6.45, 7) is 12.1. The lowest BCUT2D eigenvalue weighted by Gasteiger charge is -2.35. The number of hydrogen-bond acceptors (Lipinski definition) is 9. The fraction of sp³-hybridized carbons (Fsp3) is 0.567. The zero-order valence-corrected chi connectivity index (χ0v) is 26.2. The molecule has 11 nitrogen and oxygen atoms in total. The Morgan fingerprint density at radius 3 is 2.33 bits per heavy atom. The summed E-state index contributed by atoms with van der Waals surface area (Å²) < 4.78 is 5.52. The lowest BCUT2D eigenvalue weighted by molar-refractivity contribution is -0.148. The van der Waals surface area contributed by atoms with E-state index in [0.717, 1.165) is 16.1 Å². The van der Waals surface area contributed by atoms with E-state index in [1.165, 1.54) is 23.2 Å². The lowest BCUT2D eigenvalue weighted by Crippen LogP contribution is -2.57. The van der Waals surface area contributed by atoms with Gasteiger partial charge in [0.1, 0.15) is 24.7 Å². The van der Waals surface area contributed by atoms with E-state index < -0.39 is 53.5 Å². The van der Waals surface area contributed by atoms with E-state index >= 15 is 0 Å². The van der Waals surface area contributed by atoms with Crippen molar-refractivity contribution in [1.29, 1.82) is 0 Å². The van der Waals surface area contributed by atoms with E-state index in [1.807, 2.05) is 65.8 Å². The number of rotatable bonds is 10. The summed E-state index contributed by atoms with van der Waals surface area (Å²) in [4.78, 5) is 58.4. The summed E-state index contributed by atoms with van der Waals surface area (Å²) in [5.41, 5.74) is 9.66. The van der Waals surface area contributed by atoms with Crippen LogP contribution < -0.4 is 16.4 Å². The topological polar surface area (TPSA) is 164 Å². The number of thiazole rings is 1. The van der Waals surface area contributed by atoms with Crippen molar-refractivity contribution in [1.82, 2.24) is 20.5 Å². The largest absolute Gasteiger partial charge is 0.462 e. The van der Waals surface area contributed by atoms with Crippen molar-refractivity contribution in [2.45, 2.75) is 85.2 Å². The molecule has 0 bridgehead atoms. The molecular formula is C30H43N5O6S. The molecule has 3 amide bonds.